The molecule has 0 bridgehead atoms. The number of aromatic amines is 1. The molecular formula is C10H14N6O4. The smallest absolute Gasteiger partial charge is 0.280 e. The van der Waals surface area contributed by atoms with Crippen LogP contribution in [0.4, 0.5) is 5.95 Å². The molecule has 0 saturated carbocycles. The van der Waals surface area contributed by atoms with Crippen LogP contribution in [0.5, 0.6) is 0 Å². The molecule has 108 valence electrons. The average Bonchev–Trinajstić information content (AvgIpc) is 2.93. The van der Waals surface area contributed by atoms with E-state index in [4.69, 9.17) is 16.2 Å². The van der Waals surface area contributed by atoms with E-state index in [9.17, 15) is 15.0 Å². The number of hydrogen-bond donors (Lipinski definition) is 5. The molecule has 1 saturated heterocycles. The predicted molar refractivity (Wildman–Crippen MR) is 67.5 cm³/mol. The Morgan fingerprint density at radius 3 is 2.85 bits per heavy atom. The lowest BCUT2D eigenvalue weighted by molar-refractivity contribution is -0.0321. The summed E-state index contributed by atoms with van der Waals surface area (Å²) in [6.45, 7) is 0.0531. The number of imidazole rings is 1. The van der Waals surface area contributed by atoms with E-state index in [0.29, 0.717) is 0 Å². The molecule has 20 heavy (non-hydrogen) atoms. The fraction of sp³-hybridized carbons (Fsp3) is 0.500. The average molecular weight is 282 g/mol. The van der Waals surface area contributed by atoms with Gasteiger partial charge >= 0.3 is 0 Å². The molecule has 10 nitrogen and oxygen atoms in total. The van der Waals surface area contributed by atoms with E-state index < -0.39 is 30.1 Å². The third kappa shape index (κ3) is 1.78. The molecule has 3 unspecified atom stereocenters. The van der Waals surface area contributed by atoms with Crippen LogP contribution in [-0.2, 0) is 4.74 Å². The molecule has 0 spiro atoms. The number of H-pyrrole nitrogens is 1. The van der Waals surface area contributed by atoms with E-state index in [2.05, 4.69) is 15.0 Å². The Labute approximate surface area is 112 Å². The number of aliphatic hydroxyl groups is 2. The molecule has 4 atom stereocenters. The van der Waals surface area contributed by atoms with E-state index in [1.807, 2.05) is 0 Å². The third-order valence-corrected chi connectivity index (χ3v) is 3.29. The van der Waals surface area contributed by atoms with Crippen LogP contribution in [-0.4, -0.2) is 54.6 Å². The van der Waals surface area contributed by atoms with Gasteiger partial charge in [0.2, 0.25) is 5.95 Å². The van der Waals surface area contributed by atoms with Crippen LogP contribution in [0.3, 0.4) is 0 Å². The highest BCUT2D eigenvalue weighted by molar-refractivity contribution is 5.70. The number of fused-ring (bicyclic) bond motifs is 1. The maximum atomic E-state index is 11.7. The van der Waals surface area contributed by atoms with Crippen molar-refractivity contribution >= 4 is 17.1 Å². The van der Waals surface area contributed by atoms with Gasteiger partial charge in [0.15, 0.2) is 17.4 Å². The molecule has 0 amide bonds. The van der Waals surface area contributed by atoms with Gasteiger partial charge in [0.25, 0.3) is 5.56 Å². The molecule has 3 heterocycles. The number of rotatable bonds is 2. The van der Waals surface area contributed by atoms with E-state index in [1.165, 1.54) is 10.9 Å². The van der Waals surface area contributed by atoms with Crippen molar-refractivity contribution in [3.05, 3.63) is 16.7 Å². The fourth-order valence-corrected chi connectivity index (χ4v) is 2.28. The van der Waals surface area contributed by atoms with Gasteiger partial charge in [-0.25, -0.2) is 4.98 Å². The lowest BCUT2D eigenvalue weighted by Gasteiger charge is -2.16. The van der Waals surface area contributed by atoms with Gasteiger partial charge in [-0.3, -0.25) is 14.3 Å². The Morgan fingerprint density at radius 2 is 2.20 bits per heavy atom. The van der Waals surface area contributed by atoms with Crippen molar-refractivity contribution in [2.24, 2.45) is 5.73 Å². The van der Waals surface area contributed by atoms with Crippen molar-refractivity contribution in [2.45, 2.75) is 24.5 Å². The number of nitrogen functional groups attached to an aromatic ring is 1. The second-order valence-corrected chi connectivity index (χ2v) is 4.56. The summed E-state index contributed by atoms with van der Waals surface area (Å²) in [4.78, 5) is 21.9. The van der Waals surface area contributed by atoms with Crippen LogP contribution < -0.4 is 17.0 Å². The van der Waals surface area contributed by atoms with Crippen molar-refractivity contribution in [1.29, 1.82) is 0 Å². The Kier molecular flexibility index (Phi) is 2.94. The van der Waals surface area contributed by atoms with Gasteiger partial charge in [0.05, 0.1) is 6.33 Å². The summed E-state index contributed by atoms with van der Waals surface area (Å²) in [6.07, 6.45) is -2.67. The predicted octanol–water partition coefficient (Wildman–Crippen LogP) is -2.72. The van der Waals surface area contributed by atoms with Gasteiger partial charge in [-0.1, -0.05) is 0 Å². The number of ether oxygens (including phenoxy) is 1. The van der Waals surface area contributed by atoms with Gasteiger partial charge in [-0.15, -0.1) is 0 Å². The SMILES string of the molecule is NCC1OC(n2cnc3c(=O)[nH]c(N)nc32)C(O)[C@H]1O. The summed E-state index contributed by atoms with van der Waals surface area (Å²) in [7, 11) is 0. The first-order valence-corrected chi connectivity index (χ1v) is 5.97. The maximum absolute atomic E-state index is 11.7. The second kappa shape index (κ2) is 4.52. The van der Waals surface area contributed by atoms with E-state index in [1.54, 1.807) is 0 Å². The van der Waals surface area contributed by atoms with Crippen LogP contribution in [0.2, 0.25) is 0 Å². The quantitative estimate of drug-likeness (QED) is 0.396. The molecule has 1 aliphatic heterocycles. The molecule has 1 fully saturated rings. The van der Waals surface area contributed by atoms with Crippen LogP contribution in [0.25, 0.3) is 11.2 Å². The highest BCUT2D eigenvalue weighted by atomic mass is 16.6. The van der Waals surface area contributed by atoms with Crippen LogP contribution in [0, 0.1) is 0 Å². The first kappa shape index (κ1) is 13.0. The van der Waals surface area contributed by atoms with Crippen molar-refractivity contribution in [2.75, 3.05) is 12.3 Å². The molecule has 7 N–H and O–H groups in total. The Morgan fingerprint density at radius 1 is 1.45 bits per heavy atom. The summed E-state index contributed by atoms with van der Waals surface area (Å²) < 4.78 is 6.82. The summed E-state index contributed by atoms with van der Waals surface area (Å²) in [5.41, 5.74) is 10.7. The number of nitrogens with zero attached hydrogens (tertiary/aromatic N) is 3. The Bertz CT molecular complexity index is 697. The lowest BCUT2D eigenvalue weighted by atomic mass is 10.1. The zero-order valence-electron chi connectivity index (χ0n) is 10.3. The van der Waals surface area contributed by atoms with Crippen LogP contribution in [0.15, 0.2) is 11.1 Å². The summed E-state index contributed by atoms with van der Waals surface area (Å²) in [6, 6.07) is 0. The van der Waals surface area contributed by atoms with Crippen LogP contribution in [0.1, 0.15) is 6.23 Å². The number of anilines is 1. The van der Waals surface area contributed by atoms with Crippen molar-refractivity contribution in [1.82, 2.24) is 19.5 Å². The maximum Gasteiger partial charge on any atom is 0.280 e. The molecule has 3 rings (SSSR count). The molecule has 0 aliphatic carbocycles. The van der Waals surface area contributed by atoms with E-state index in [-0.39, 0.29) is 23.7 Å². The minimum Gasteiger partial charge on any atom is -0.387 e. The summed E-state index contributed by atoms with van der Waals surface area (Å²) in [5.74, 6) is -0.0762. The third-order valence-electron chi connectivity index (χ3n) is 3.29. The molecule has 2 aromatic heterocycles. The van der Waals surface area contributed by atoms with Crippen molar-refractivity contribution < 1.29 is 14.9 Å². The molecular weight excluding hydrogens is 268 g/mol. The van der Waals surface area contributed by atoms with Gasteiger partial charge in [0.1, 0.15) is 18.3 Å². The lowest BCUT2D eigenvalue weighted by Crippen LogP contribution is -2.35. The highest BCUT2D eigenvalue weighted by Crippen LogP contribution is 2.30. The van der Waals surface area contributed by atoms with Gasteiger partial charge in [0, 0.05) is 6.54 Å². The number of hydrogen-bond acceptors (Lipinski definition) is 8. The van der Waals surface area contributed by atoms with Gasteiger partial charge in [-0.05, 0) is 0 Å². The van der Waals surface area contributed by atoms with Crippen LogP contribution >= 0.6 is 0 Å². The topological polar surface area (TPSA) is 165 Å². The minimum atomic E-state index is -1.21. The normalized spacial score (nSPS) is 30.1. The zero-order valence-corrected chi connectivity index (χ0v) is 10.3. The monoisotopic (exact) mass is 282 g/mol. The first-order valence-electron chi connectivity index (χ1n) is 5.97. The number of aromatic nitrogens is 4. The minimum absolute atomic E-state index is 0.0531. The Balaban J connectivity index is 2.09. The van der Waals surface area contributed by atoms with Crippen molar-refractivity contribution in [3.8, 4) is 0 Å². The molecule has 2 aromatic rings. The number of nitrogens with one attached hydrogen (secondary N) is 1. The highest BCUT2D eigenvalue weighted by Gasteiger charge is 2.43. The zero-order chi connectivity index (χ0) is 14.4. The fourth-order valence-electron chi connectivity index (χ4n) is 2.28. The summed E-state index contributed by atoms with van der Waals surface area (Å²) >= 11 is 0. The van der Waals surface area contributed by atoms with Crippen molar-refractivity contribution in [3.63, 3.8) is 0 Å². The second-order valence-electron chi connectivity index (χ2n) is 4.56. The van der Waals surface area contributed by atoms with E-state index in [0.717, 1.165) is 0 Å². The summed E-state index contributed by atoms with van der Waals surface area (Å²) in [5, 5.41) is 19.8. The van der Waals surface area contributed by atoms with Gasteiger partial charge in [-0.2, -0.15) is 4.98 Å². The van der Waals surface area contributed by atoms with E-state index >= 15 is 0 Å². The Hall–Kier alpha value is -2.01. The molecule has 10 heteroatoms. The molecule has 0 radical (unpaired) electrons. The molecule has 0 aromatic carbocycles. The number of aliphatic hydroxyl groups excluding tert-OH is 2. The number of nitrogens with two attached hydrogens (primary N) is 2. The largest absolute Gasteiger partial charge is 0.387 e. The first-order chi connectivity index (χ1) is 9.52. The van der Waals surface area contributed by atoms with Gasteiger partial charge < -0.3 is 26.4 Å². The standard InChI is InChI=1S/C10H14N6O4/c11-1-3-5(17)6(18)9(20-3)16-2-13-4-7(16)14-10(12)15-8(4)19/h2-3,5-6,9,17-18H,1,11H2,(H3,12,14,15,19)/t3?,5-,6?,9?/m0/s1. The molecule has 1 aliphatic rings.